The average Bonchev–Trinajstić information content (AvgIpc) is 3.01. The van der Waals surface area contributed by atoms with Crippen LogP contribution in [0.1, 0.15) is 33.7 Å². The number of nitrogens with one attached hydrogen (secondary N) is 1. The van der Waals surface area contributed by atoms with Gasteiger partial charge in [0.15, 0.2) is 6.67 Å². The average molecular weight is 307 g/mol. The molecule has 0 unspecified atom stereocenters. The summed E-state index contributed by atoms with van der Waals surface area (Å²) in [6, 6.07) is 5.44. The predicted molar refractivity (Wildman–Crippen MR) is 72.5 cm³/mol. The molecule has 7 nitrogen and oxygen atoms in total. The van der Waals surface area contributed by atoms with Crippen molar-refractivity contribution in [3.8, 4) is 0 Å². The molecule has 0 fully saturated rings. The number of carbonyl (C=O) groups is 2. The number of carbonyl (C=O) groups excluding carboxylic acids is 2. The highest BCUT2D eigenvalue weighted by Gasteiger charge is 2.29. The monoisotopic (exact) mass is 307 g/mol. The van der Waals surface area contributed by atoms with Gasteiger partial charge < -0.3 is 14.5 Å². The zero-order chi connectivity index (χ0) is 16.1. The van der Waals surface area contributed by atoms with E-state index in [1.165, 1.54) is 0 Å². The summed E-state index contributed by atoms with van der Waals surface area (Å²) >= 11 is 0. The maximum Gasteiger partial charge on any atom is 0.338 e. The molecule has 0 aliphatic heterocycles. The van der Waals surface area contributed by atoms with E-state index in [0.29, 0.717) is 5.56 Å². The van der Waals surface area contributed by atoms with Crippen LogP contribution in [0.3, 0.4) is 0 Å². The highest BCUT2D eigenvalue weighted by Crippen LogP contribution is 2.15. The number of methoxy groups -OCH3 is 1. The lowest BCUT2D eigenvalue weighted by atomic mass is 10.1. The third kappa shape index (κ3) is 3.46. The smallest absolute Gasteiger partial charge is 0.338 e. The zero-order valence-corrected chi connectivity index (χ0v) is 12.0. The number of aromatic nitrogens is 2. The Morgan fingerprint density at radius 2 is 2.00 bits per heavy atom. The lowest BCUT2D eigenvalue weighted by Gasteiger charge is -2.13. The Balaban J connectivity index is 2.21. The van der Waals surface area contributed by atoms with E-state index in [2.05, 4.69) is 20.3 Å². The van der Waals surface area contributed by atoms with Gasteiger partial charge in [-0.1, -0.05) is 17.7 Å². The number of ether oxygens (including phenoxy) is 1. The van der Waals surface area contributed by atoms with Gasteiger partial charge in [0.1, 0.15) is 0 Å². The molecule has 0 aliphatic rings. The van der Waals surface area contributed by atoms with Gasteiger partial charge in [0, 0.05) is 5.56 Å². The largest absolute Gasteiger partial charge is 0.467 e. The van der Waals surface area contributed by atoms with E-state index < -0.39 is 24.6 Å². The molecule has 1 amide bonds. The molecule has 0 bridgehead atoms. The SMILES string of the molecule is COC(=O)[C@@H](NC(=O)c1ccc(C)cc1)c1nnc(CF)o1. The summed E-state index contributed by atoms with van der Waals surface area (Å²) in [5, 5.41) is 9.38. The van der Waals surface area contributed by atoms with Crippen LogP contribution in [0.25, 0.3) is 0 Å². The molecule has 0 saturated heterocycles. The highest BCUT2D eigenvalue weighted by molar-refractivity contribution is 5.96. The first-order valence-corrected chi connectivity index (χ1v) is 6.38. The summed E-state index contributed by atoms with van der Waals surface area (Å²) in [5.74, 6) is -1.83. The number of aryl methyl sites for hydroxylation is 1. The molecule has 1 heterocycles. The summed E-state index contributed by atoms with van der Waals surface area (Å²) in [6.07, 6.45) is 0. The number of rotatable bonds is 5. The van der Waals surface area contributed by atoms with E-state index in [4.69, 9.17) is 4.42 Å². The quantitative estimate of drug-likeness (QED) is 0.841. The van der Waals surface area contributed by atoms with E-state index in [1.54, 1.807) is 24.3 Å². The topological polar surface area (TPSA) is 94.3 Å². The Morgan fingerprint density at radius 3 is 2.55 bits per heavy atom. The molecule has 1 aromatic carbocycles. The fraction of sp³-hybridized carbons (Fsp3) is 0.286. The zero-order valence-electron chi connectivity index (χ0n) is 12.0. The van der Waals surface area contributed by atoms with Crippen LogP contribution < -0.4 is 5.32 Å². The summed E-state index contributed by atoms with van der Waals surface area (Å²) in [5.41, 5.74) is 1.34. The van der Waals surface area contributed by atoms with Crippen molar-refractivity contribution in [2.45, 2.75) is 19.6 Å². The molecule has 0 aliphatic carbocycles. The van der Waals surface area contributed by atoms with Crippen molar-refractivity contribution in [3.63, 3.8) is 0 Å². The van der Waals surface area contributed by atoms with E-state index in [9.17, 15) is 14.0 Å². The fourth-order valence-corrected chi connectivity index (χ4v) is 1.70. The molecule has 1 atom stereocenters. The summed E-state index contributed by atoms with van der Waals surface area (Å²) in [6.45, 7) is 0.919. The predicted octanol–water partition coefficient (Wildman–Crippen LogP) is 1.49. The van der Waals surface area contributed by atoms with Crippen LogP contribution in [-0.4, -0.2) is 29.2 Å². The normalized spacial score (nSPS) is 11.8. The van der Waals surface area contributed by atoms with Gasteiger partial charge in [-0.05, 0) is 19.1 Å². The minimum Gasteiger partial charge on any atom is -0.467 e. The van der Waals surface area contributed by atoms with Crippen LogP contribution in [0.2, 0.25) is 0 Å². The molecule has 1 aromatic heterocycles. The number of esters is 1. The Kier molecular flexibility index (Phi) is 4.82. The lowest BCUT2D eigenvalue weighted by molar-refractivity contribution is -0.143. The number of halogens is 1. The van der Waals surface area contributed by atoms with E-state index in [1.807, 2.05) is 6.92 Å². The van der Waals surface area contributed by atoms with Gasteiger partial charge in [-0.25, -0.2) is 9.18 Å². The van der Waals surface area contributed by atoms with E-state index in [-0.39, 0.29) is 11.8 Å². The molecule has 0 radical (unpaired) electrons. The molecule has 1 N–H and O–H groups in total. The van der Waals surface area contributed by atoms with Crippen LogP contribution in [0, 0.1) is 6.92 Å². The second-order valence-electron chi connectivity index (χ2n) is 4.46. The lowest BCUT2D eigenvalue weighted by Crippen LogP contribution is -2.34. The minimum absolute atomic E-state index is 0.236. The minimum atomic E-state index is -1.30. The van der Waals surface area contributed by atoms with Gasteiger partial charge in [-0.2, -0.15) is 0 Å². The number of amides is 1. The van der Waals surface area contributed by atoms with Crippen LogP contribution >= 0.6 is 0 Å². The Morgan fingerprint density at radius 1 is 1.32 bits per heavy atom. The summed E-state index contributed by atoms with van der Waals surface area (Å²) in [7, 11) is 1.15. The summed E-state index contributed by atoms with van der Waals surface area (Å²) in [4.78, 5) is 23.9. The molecule has 8 heteroatoms. The second-order valence-corrected chi connectivity index (χ2v) is 4.46. The molecular weight excluding hydrogens is 293 g/mol. The van der Waals surface area contributed by atoms with Crippen molar-refractivity contribution in [2.24, 2.45) is 0 Å². The maximum absolute atomic E-state index is 12.5. The van der Waals surface area contributed by atoms with Crippen LogP contribution in [0.15, 0.2) is 28.7 Å². The van der Waals surface area contributed by atoms with Crippen LogP contribution in [0.5, 0.6) is 0 Å². The van der Waals surface area contributed by atoms with Gasteiger partial charge in [0.25, 0.3) is 5.91 Å². The van der Waals surface area contributed by atoms with Gasteiger partial charge >= 0.3 is 5.97 Å². The summed E-state index contributed by atoms with van der Waals surface area (Å²) < 4.78 is 22.0. The van der Waals surface area contributed by atoms with Gasteiger partial charge in [0.05, 0.1) is 7.11 Å². The Bertz CT molecular complexity index is 669. The Labute approximate surface area is 125 Å². The number of alkyl halides is 1. The highest BCUT2D eigenvalue weighted by atomic mass is 19.1. The first-order valence-electron chi connectivity index (χ1n) is 6.38. The van der Waals surface area contributed by atoms with Gasteiger partial charge in [-0.3, -0.25) is 4.79 Å². The molecule has 116 valence electrons. The first kappa shape index (κ1) is 15.6. The molecule has 2 aromatic rings. The molecule has 2 rings (SSSR count). The molecule has 0 saturated carbocycles. The fourth-order valence-electron chi connectivity index (χ4n) is 1.70. The third-order valence-electron chi connectivity index (χ3n) is 2.87. The van der Waals surface area contributed by atoms with E-state index >= 15 is 0 Å². The van der Waals surface area contributed by atoms with Crippen molar-refractivity contribution < 1.29 is 23.1 Å². The number of hydrogen-bond donors (Lipinski definition) is 1. The van der Waals surface area contributed by atoms with Crippen molar-refractivity contribution in [2.75, 3.05) is 7.11 Å². The van der Waals surface area contributed by atoms with Crippen LogP contribution in [-0.2, 0) is 16.2 Å². The number of nitrogens with zero attached hydrogens (tertiary/aromatic N) is 2. The van der Waals surface area contributed by atoms with Crippen molar-refractivity contribution in [1.29, 1.82) is 0 Å². The Hall–Kier alpha value is -2.77. The third-order valence-corrected chi connectivity index (χ3v) is 2.87. The molecular formula is C14H14FN3O4. The number of benzene rings is 1. The van der Waals surface area contributed by atoms with E-state index in [0.717, 1.165) is 12.7 Å². The van der Waals surface area contributed by atoms with Crippen LogP contribution in [0.4, 0.5) is 4.39 Å². The first-order chi connectivity index (χ1) is 10.5. The second kappa shape index (κ2) is 6.79. The number of hydrogen-bond acceptors (Lipinski definition) is 6. The molecule has 0 spiro atoms. The van der Waals surface area contributed by atoms with Crippen molar-refractivity contribution >= 4 is 11.9 Å². The standard InChI is InChI=1S/C14H14FN3O4/c1-8-3-5-9(6-4-8)12(19)16-11(14(20)21-2)13-18-17-10(7-15)22-13/h3-6,11H,7H2,1-2H3,(H,16,19)/t11-/m0/s1. The van der Waals surface area contributed by atoms with Gasteiger partial charge in [0.2, 0.25) is 17.8 Å². The van der Waals surface area contributed by atoms with Crippen molar-refractivity contribution in [1.82, 2.24) is 15.5 Å². The molecule has 22 heavy (non-hydrogen) atoms. The van der Waals surface area contributed by atoms with Crippen molar-refractivity contribution in [3.05, 3.63) is 47.2 Å². The van der Waals surface area contributed by atoms with Gasteiger partial charge in [-0.15, -0.1) is 10.2 Å². The maximum atomic E-state index is 12.5.